The second-order valence-corrected chi connectivity index (χ2v) is 4.90. The van der Waals surface area contributed by atoms with Gasteiger partial charge in [0.05, 0.1) is 6.04 Å². The van der Waals surface area contributed by atoms with Crippen molar-refractivity contribution in [3.8, 4) is 0 Å². The standard InChI is InChI=1S/C14H13Cl2N/c1-9-3-2-4-10(7-9)14(17)12-6-5-11(15)8-13(12)16/h2-8,14H,17H2,1H3. The van der Waals surface area contributed by atoms with Crippen molar-refractivity contribution in [2.24, 2.45) is 5.73 Å². The normalized spacial score (nSPS) is 12.5. The third-order valence-electron chi connectivity index (χ3n) is 2.70. The van der Waals surface area contributed by atoms with Gasteiger partial charge in [0, 0.05) is 10.0 Å². The molecular formula is C14H13Cl2N. The van der Waals surface area contributed by atoms with E-state index in [-0.39, 0.29) is 6.04 Å². The Kier molecular flexibility index (Phi) is 3.72. The molecule has 2 aromatic carbocycles. The van der Waals surface area contributed by atoms with E-state index in [9.17, 15) is 0 Å². The van der Waals surface area contributed by atoms with E-state index in [1.165, 1.54) is 5.56 Å². The number of benzene rings is 2. The Hall–Kier alpha value is -1.02. The van der Waals surface area contributed by atoms with Gasteiger partial charge >= 0.3 is 0 Å². The first-order valence-electron chi connectivity index (χ1n) is 5.35. The zero-order valence-electron chi connectivity index (χ0n) is 9.45. The van der Waals surface area contributed by atoms with Crippen molar-refractivity contribution in [3.63, 3.8) is 0 Å². The van der Waals surface area contributed by atoms with Gasteiger partial charge in [0.2, 0.25) is 0 Å². The monoisotopic (exact) mass is 265 g/mol. The fourth-order valence-corrected chi connectivity index (χ4v) is 2.32. The fourth-order valence-electron chi connectivity index (χ4n) is 1.80. The highest BCUT2D eigenvalue weighted by atomic mass is 35.5. The van der Waals surface area contributed by atoms with E-state index in [1.807, 2.05) is 31.2 Å². The number of halogens is 2. The molecule has 0 spiro atoms. The van der Waals surface area contributed by atoms with E-state index in [0.717, 1.165) is 11.1 Å². The van der Waals surface area contributed by atoms with Gasteiger partial charge in [0.15, 0.2) is 0 Å². The van der Waals surface area contributed by atoms with Crippen LogP contribution in [0.3, 0.4) is 0 Å². The van der Waals surface area contributed by atoms with Gasteiger partial charge in [-0.1, -0.05) is 59.1 Å². The van der Waals surface area contributed by atoms with Crippen LogP contribution in [0.1, 0.15) is 22.7 Å². The third kappa shape index (κ3) is 2.81. The maximum absolute atomic E-state index is 6.21. The van der Waals surface area contributed by atoms with Crippen LogP contribution in [0.4, 0.5) is 0 Å². The number of nitrogens with two attached hydrogens (primary N) is 1. The Morgan fingerprint density at radius 3 is 2.47 bits per heavy atom. The molecule has 0 aliphatic heterocycles. The summed E-state index contributed by atoms with van der Waals surface area (Å²) in [6.07, 6.45) is 0. The van der Waals surface area contributed by atoms with Gasteiger partial charge in [-0.25, -0.2) is 0 Å². The fraction of sp³-hybridized carbons (Fsp3) is 0.143. The molecule has 2 aromatic rings. The van der Waals surface area contributed by atoms with Gasteiger partial charge in [-0.05, 0) is 30.2 Å². The highest BCUT2D eigenvalue weighted by Crippen LogP contribution is 2.29. The Bertz CT molecular complexity index is 537. The molecule has 0 saturated carbocycles. The van der Waals surface area contributed by atoms with E-state index >= 15 is 0 Å². The predicted molar refractivity (Wildman–Crippen MR) is 73.7 cm³/mol. The highest BCUT2D eigenvalue weighted by Gasteiger charge is 2.12. The van der Waals surface area contributed by atoms with Crippen LogP contribution in [-0.2, 0) is 0 Å². The molecular weight excluding hydrogens is 253 g/mol. The first-order valence-corrected chi connectivity index (χ1v) is 6.10. The van der Waals surface area contributed by atoms with Crippen molar-refractivity contribution in [1.29, 1.82) is 0 Å². The topological polar surface area (TPSA) is 26.0 Å². The first-order chi connectivity index (χ1) is 8.08. The van der Waals surface area contributed by atoms with Crippen LogP contribution in [0.25, 0.3) is 0 Å². The molecule has 3 heteroatoms. The number of hydrogen-bond acceptors (Lipinski definition) is 1. The van der Waals surface area contributed by atoms with Gasteiger partial charge < -0.3 is 5.73 Å². The highest BCUT2D eigenvalue weighted by molar-refractivity contribution is 6.35. The maximum Gasteiger partial charge on any atom is 0.0566 e. The van der Waals surface area contributed by atoms with Gasteiger partial charge in [0.25, 0.3) is 0 Å². The van der Waals surface area contributed by atoms with Gasteiger partial charge in [0.1, 0.15) is 0 Å². The van der Waals surface area contributed by atoms with Gasteiger partial charge in [-0.3, -0.25) is 0 Å². The molecule has 0 saturated heterocycles. The van der Waals surface area contributed by atoms with Gasteiger partial charge in [-0.2, -0.15) is 0 Å². The lowest BCUT2D eigenvalue weighted by molar-refractivity contribution is 0.870. The molecule has 0 radical (unpaired) electrons. The number of hydrogen-bond donors (Lipinski definition) is 1. The van der Waals surface area contributed by atoms with Crippen LogP contribution in [0.15, 0.2) is 42.5 Å². The van der Waals surface area contributed by atoms with Crippen LogP contribution >= 0.6 is 23.2 Å². The molecule has 0 bridgehead atoms. The maximum atomic E-state index is 6.21. The van der Waals surface area contributed by atoms with E-state index in [4.69, 9.17) is 28.9 Å². The minimum atomic E-state index is -0.223. The molecule has 1 nitrogen and oxygen atoms in total. The summed E-state index contributed by atoms with van der Waals surface area (Å²) in [4.78, 5) is 0. The molecule has 0 fully saturated rings. The molecule has 2 rings (SSSR count). The zero-order valence-corrected chi connectivity index (χ0v) is 11.0. The smallest absolute Gasteiger partial charge is 0.0566 e. The Balaban J connectivity index is 2.40. The molecule has 88 valence electrons. The average Bonchev–Trinajstić information content (AvgIpc) is 2.28. The summed E-state index contributed by atoms with van der Waals surface area (Å²) < 4.78 is 0. The Morgan fingerprint density at radius 1 is 1.06 bits per heavy atom. The quantitative estimate of drug-likeness (QED) is 0.859. The van der Waals surface area contributed by atoms with Crippen LogP contribution < -0.4 is 5.73 Å². The minimum absolute atomic E-state index is 0.223. The molecule has 0 amide bonds. The van der Waals surface area contributed by atoms with Crippen LogP contribution in [0, 0.1) is 6.92 Å². The summed E-state index contributed by atoms with van der Waals surface area (Å²) in [5, 5.41) is 1.22. The molecule has 0 heterocycles. The summed E-state index contributed by atoms with van der Waals surface area (Å²) in [6, 6.07) is 13.3. The molecule has 0 aliphatic carbocycles. The van der Waals surface area contributed by atoms with E-state index in [0.29, 0.717) is 10.0 Å². The van der Waals surface area contributed by atoms with Crippen LogP contribution in [0.2, 0.25) is 10.0 Å². The summed E-state index contributed by atoms with van der Waals surface area (Å²) in [5.41, 5.74) is 9.33. The van der Waals surface area contributed by atoms with Crippen LogP contribution in [0.5, 0.6) is 0 Å². The second-order valence-electron chi connectivity index (χ2n) is 4.06. The summed E-state index contributed by atoms with van der Waals surface area (Å²) in [5.74, 6) is 0. The minimum Gasteiger partial charge on any atom is -0.320 e. The molecule has 0 aromatic heterocycles. The Labute approximate surface area is 111 Å². The van der Waals surface area contributed by atoms with Crippen molar-refractivity contribution in [2.45, 2.75) is 13.0 Å². The number of aryl methyl sites for hydroxylation is 1. The number of rotatable bonds is 2. The Morgan fingerprint density at radius 2 is 1.82 bits per heavy atom. The lowest BCUT2D eigenvalue weighted by Crippen LogP contribution is -2.12. The van der Waals surface area contributed by atoms with E-state index < -0.39 is 0 Å². The third-order valence-corrected chi connectivity index (χ3v) is 3.26. The van der Waals surface area contributed by atoms with Crippen molar-refractivity contribution >= 4 is 23.2 Å². The molecule has 1 atom stereocenters. The van der Waals surface area contributed by atoms with Crippen LogP contribution in [-0.4, -0.2) is 0 Å². The zero-order chi connectivity index (χ0) is 12.4. The summed E-state index contributed by atoms with van der Waals surface area (Å²) in [6.45, 7) is 2.04. The summed E-state index contributed by atoms with van der Waals surface area (Å²) in [7, 11) is 0. The molecule has 0 aliphatic rings. The largest absolute Gasteiger partial charge is 0.320 e. The lowest BCUT2D eigenvalue weighted by Gasteiger charge is -2.15. The molecule has 17 heavy (non-hydrogen) atoms. The van der Waals surface area contributed by atoms with Crippen molar-refractivity contribution in [1.82, 2.24) is 0 Å². The van der Waals surface area contributed by atoms with Gasteiger partial charge in [-0.15, -0.1) is 0 Å². The van der Waals surface area contributed by atoms with Crippen molar-refractivity contribution in [2.75, 3.05) is 0 Å². The van der Waals surface area contributed by atoms with E-state index in [1.54, 1.807) is 12.1 Å². The lowest BCUT2D eigenvalue weighted by atomic mass is 9.98. The molecule has 2 N–H and O–H groups in total. The first kappa shape index (κ1) is 12.4. The predicted octanol–water partition coefficient (Wildman–Crippen LogP) is 4.35. The van der Waals surface area contributed by atoms with Crippen molar-refractivity contribution in [3.05, 3.63) is 69.2 Å². The SMILES string of the molecule is Cc1cccc(C(N)c2ccc(Cl)cc2Cl)c1. The van der Waals surface area contributed by atoms with E-state index in [2.05, 4.69) is 6.07 Å². The average molecular weight is 266 g/mol. The van der Waals surface area contributed by atoms with Crippen molar-refractivity contribution < 1.29 is 0 Å². The second kappa shape index (κ2) is 5.09. The summed E-state index contributed by atoms with van der Waals surface area (Å²) >= 11 is 12.0. The molecule has 1 unspecified atom stereocenters.